The van der Waals surface area contributed by atoms with Crippen molar-refractivity contribution in [3.63, 3.8) is 0 Å². The lowest BCUT2D eigenvalue weighted by molar-refractivity contribution is -0.172. The molecule has 1 aliphatic heterocycles. The number of benzene rings is 1. The largest absolute Gasteiger partial charge is 0.458 e. The van der Waals surface area contributed by atoms with Gasteiger partial charge in [-0.25, -0.2) is 4.79 Å². The van der Waals surface area contributed by atoms with Crippen LogP contribution in [0.2, 0.25) is 10.0 Å². The first-order valence-corrected chi connectivity index (χ1v) is 12.2. The van der Waals surface area contributed by atoms with Crippen molar-refractivity contribution in [1.82, 2.24) is 9.88 Å². The van der Waals surface area contributed by atoms with Crippen LogP contribution in [0.5, 0.6) is 0 Å². The van der Waals surface area contributed by atoms with Gasteiger partial charge in [0.05, 0.1) is 11.5 Å². The minimum Gasteiger partial charge on any atom is -0.458 e. The van der Waals surface area contributed by atoms with Crippen LogP contribution < -0.4 is 0 Å². The van der Waals surface area contributed by atoms with Crippen molar-refractivity contribution in [2.75, 3.05) is 0 Å². The van der Waals surface area contributed by atoms with E-state index in [9.17, 15) is 9.59 Å². The number of carbonyl (C=O) groups excluding carboxylic acids is 2. The molecule has 0 radical (unpaired) electrons. The first-order valence-electron chi connectivity index (χ1n) is 11.4. The highest BCUT2D eigenvalue weighted by molar-refractivity contribution is 6.30. The molecule has 1 aromatic heterocycles. The summed E-state index contributed by atoms with van der Waals surface area (Å²) in [6, 6.07) is 9.63. The van der Waals surface area contributed by atoms with Gasteiger partial charge in [-0.1, -0.05) is 48.3 Å². The normalized spacial score (nSPS) is 24.0. The first-order chi connectivity index (χ1) is 15.9. The number of pyridine rings is 1. The Morgan fingerprint density at radius 1 is 1.26 bits per heavy atom. The van der Waals surface area contributed by atoms with Crippen molar-refractivity contribution < 1.29 is 14.3 Å². The molecule has 182 valence electrons. The molecule has 5 nitrogen and oxygen atoms in total. The molecule has 4 atom stereocenters. The highest BCUT2D eigenvalue weighted by Crippen LogP contribution is 2.51. The zero-order chi connectivity index (χ0) is 25.3. The molecular formula is C27H32Cl2N2O3. The van der Waals surface area contributed by atoms with E-state index >= 15 is 0 Å². The molecule has 1 unspecified atom stereocenters. The fraction of sp³-hybridized carbons (Fsp3) is 0.444. The highest BCUT2D eigenvalue weighted by Gasteiger charge is 2.52. The van der Waals surface area contributed by atoms with Crippen LogP contribution in [0, 0.1) is 5.41 Å². The van der Waals surface area contributed by atoms with E-state index in [0.29, 0.717) is 22.9 Å². The number of likely N-dealkylation sites (tertiary alicyclic amines) is 1. The lowest BCUT2D eigenvalue weighted by Gasteiger charge is -2.50. The van der Waals surface area contributed by atoms with Crippen LogP contribution in [0.1, 0.15) is 70.7 Å². The van der Waals surface area contributed by atoms with Crippen molar-refractivity contribution in [2.24, 2.45) is 5.41 Å². The predicted molar refractivity (Wildman–Crippen MR) is 136 cm³/mol. The smallest absolute Gasteiger partial charge is 0.329 e. The summed E-state index contributed by atoms with van der Waals surface area (Å²) in [5.41, 5.74) is 0.172. The van der Waals surface area contributed by atoms with Gasteiger partial charge in [-0.15, -0.1) is 6.58 Å². The molecule has 2 heterocycles. The van der Waals surface area contributed by atoms with Crippen LogP contribution in [-0.2, 0) is 14.3 Å². The molecule has 1 amide bonds. The monoisotopic (exact) mass is 502 g/mol. The molecule has 0 spiro atoms. The molecular weight excluding hydrogens is 471 g/mol. The summed E-state index contributed by atoms with van der Waals surface area (Å²) in [5, 5.41) is 1.15. The summed E-state index contributed by atoms with van der Waals surface area (Å²) >= 11 is 12.5. The van der Waals surface area contributed by atoms with Crippen LogP contribution in [0.3, 0.4) is 0 Å². The number of piperidine rings is 1. The second-order valence-corrected chi connectivity index (χ2v) is 11.1. The number of hydrogen-bond acceptors (Lipinski definition) is 4. The van der Waals surface area contributed by atoms with E-state index in [0.717, 1.165) is 11.3 Å². The number of halogens is 2. The van der Waals surface area contributed by atoms with Gasteiger partial charge in [0.1, 0.15) is 11.6 Å². The maximum Gasteiger partial charge on any atom is 0.329 e. The molecule has 34 heavy (non-hydrogen) atoms. The van der Waals surface area contributed by atoms with E-state index < -0.39 is 29.1 Å². The molecule has 0 saturated carbocycles. The van der Waals surface area contributed by atoms with E-state index in [1.165, 1.54) is 0 Å². The van der Waals surface area contributed by atoms with Crippen molar-refractivity contribution in [1.29, 1.82) is 0 Å². The number of hydrogen-bond donors (Lipinski definition) is 0. The third-order valence-electron chi connectivity index (χ3n) is 6.20. The number of esters is 1. The van der Waals surface area contributed by atoms with Gasteiger partial charge in [-0.2, -0.15) is 0 Å². The van der Waals surface area contributed by atoms with E-state index in [2.05, 4.69) is 11.6 Å². The average molecular weight is 503 g/mol. The lowest BCUT2D eigenvalue weighted by atomic mass is 9.68. The first kappa shape index (κ1) is 26.2. The van der Waals surface area contributed by atoms with Gasteiger partial charge in [-0.3, -0.25) is 9.78 Å². The SMILES string of the molecule is C=CC[C@@]1(C)C[C@H](c2cc(Cl)ccn2)[C@@H](c2ccc(Cl)cc2)N(C(C)C(=O)OC(C)(C)C)C1=O. The van der Waals surface area contributed by atoms with Gasteiger partial charge >= 0.3 is 5.97 Å². The molecule has 1 fully saturated rings. The Hall–Kier alpha value is -2.37. The third-order valence-corrected chi connectivity index (χ3v) is 6.68. The van der Waals surface area contributed by atoms with Crippen LogP contribution in [0.4, 0.5) is 0 Å². The molecule has 0 N–H and O–H groups in total. The number of allylic oxidation sites excluding steroid dienone is 1. The summed E-state index contributed by atoms with van der Waals surface area (Å²) in [7, 11) is 0. The van der Waals surface area contributed by atoms with Crippen molar-refractivity contribution in [3.05, 3.63) is 76.6 Å². The topological polar surface area (TPSA) is 59.5 Å². The average Bonchev–Trinajstić information content (AvgIpc) is 2.74. The van der Waals surface area contributed by atoms with Gasteiger partial charge in [0, 0.05) is 27.9 Å². The maximum atomic E-state index is 14.0. The van der Waals surface area contributed by atoms with Crippen LogP contribution in [0.15, 0.2) is 55.3 Å². The van der Waals surface area contributed by atoms with E-state index in [1.54, 1.807) is 42.3 Å². The molecule has 1 aromatic carbocycles. The summed E-state index contributed by atoms with van der Waals surface area (Å²) in [6.45, 7) is 12.9. The Bertz CT molecular complexity index is 1060. The number of amides is 1. The van der Waals surface area contributed by atoms with E-state index in [4.69, 9.17) is 27.9 Å². The van der Waals surface area contributed by atoms with Crippen LogP contribution >= 0.6 is 23.2 Å². The number of carbonyl (C=O) groups is 2. The fourth-order valence-corrected chi connectivity index (χ4v) is 4.96. The zero-order valence-electron chi connectivity index (χ0n) is 20.3. The summed E-state index contributed by atoms with van der Waals surface area (Å²) in [4.78, 5) is 33.5. The van der Waals surface area contributed by atoms with E-state index in [1.807, 2.05) is 45.9 Å². The van der Waals surface area contributed by atoms with Crippen LogP contribution in [-0.4, -0.2) is 33.4 Å². The van der Waals surface area contributed by atoms with Gasteiger partial charge in [-0.05, 0) is 70.4 Å². The van der Waals surface area contributed by atoms with Gasteiger partial charge < -0.3 is 9.64 Å². The van der Waals surface area contributed by atoms with E-state index in [-0.39, 0.29) is 11.8 Å². The lowest BCUT2D eigenvalue weighted by Crippen LogP contribution is -2.57. The number of rotatable bonds is 6. The number of nitrogens with zero attached hydrogens (tertiary/aromatic N) is 2. The molecule has 3 rings (SSSR count). The predicted octanol–water partition coefficient (Wildman–Crippen LogP) is 6.76. The second-order valence-electron chi connectivity index (χ2n) is 10.2. The molecule has 1 saturated heterocycles. The molecule has 1 aliphatic rings. The summed E-state index contributed by atoms with van der Waals surface area (Å²) in [6.07, 6.45) is 4.41. The molecule has 0 bridgehead atoms. The van der Waals surface area contributed by atoms with Crippen molar-refractivity contribution >= 4 is 35.1 Å². The fourth-order valence-electron chi connectivity index (χ4n) is 4.67. The number of aromatic nitrogens is 1. The highest BCUT2D eigenvalue weighted by atomic mass is 35.5. The molecule has 7 heteroatoms. The summed E-state index contributed by atoms with van der Waals surface area (Å²) in [5.74, 6) is -0.795. The minimum absolute atomic E-state index is 0.121. The van der Waals surface area contributed by atoms with Crippen molar-refractivity contribution in [2.45, 2.75) is 71.1 Å². The van der Waals surface area contributed by atoms with Crippen LogP contribution in [0.25, 0.3) is 0 Å². The third kappa shape index (κ3) is 5.64. The quantitative estimate of drug-likeness (QED) is 0.323. The standard InChI is InChI=1S/C27H32Cl2N2O3/c1-7-13-27(6)16-21(22-15-20(29)12-14-30-22)23(18-8-10-19(28)11-9-18)31(25(27)33)17(2)24(32)34-26(3,4)5/h7-12,14-15,17,21,23H,1,13,16H2,2-6H3/t17?,21-,23-,27+/m1/s1. The Labute approximate surface area is 212 Å². The van der Waals surface area contributed by atoms with Crippen molar-refractivity contribution in [3.8, 4) is 0 Å². The molecule has 0 aliphatic carbocycles. The number of ether oxygens (including phenoxy) is 1. The Morgan fingerprint density at radius 2 is 1.91 bits per heavy atom. The minimum atomic E-state index is -0.821. The maximum absolute atomic E-state index is 14.0. The summed E-state index contributed by atoms with van der Waals surface area (Å²) < 4.78 is 5.68. The van der Waals surface area contributed by atoms with Gasteiger partial charge in [0.2, 0.25) is 5.91 Å². The molecule has 2 aromatic rings. The van der Waals surface area contributed by atoms with Gasteiger partial charge in [0.15, 0.2) is 0 Å². The second kappa shape index (κ2) is 10.1. The zero-order valence-corrected chi connectivity index (χ0v) is 21.9. The Kier molecular flexibility index (Phi) is 7.79. The van der Waals surface area contributed by atoms with Gasteiger partial charge in [0.25, 0.3) is 0 Å². The Balaban J connectivity index is 2.20. The Morgan fingerprint density at radius 3 is 2.47 bits per heavy atom.